The fraction of sp³-hybridized carbons (Fsp3) is 0.222. The van der Waals surface area contributed by atoms with Crippen LogP contribution in [0.1, 0.15) is 11.1 Å². The molecule has 0 fully saturated rings. The van der Waals surface area contributed by atoms with E-state index in [0.717, 1.165) is 13.1 Å². The lowest BCUT2D eigenvalue weighted by Gasteiger charge is -2.27. The minimum absolute atomic E-state index is 0.0644. The predicted molar refractivity (Wildman–Crippen MR) is 88.8 cm³/mol. The van der Waals surface area contributed by atoms with Crippen LogP contribution in [-0.4, -0.2) is 25.1 Å². The Hall–Kier alpha value is -1.91. The van der Waals surface area contributed by atoms with E-state index in [-0.39, 0.29) is 11.8 Å². The molecule has 4 heteroatoms. The van der Waals surface area contributed by atoms with Gasteiger partial charge in [0.25, 0.3) is 0 Å². The summed E-state index contributed by atoms with van der Waals surface area (Å²) >= 11 is 0. The average molecular weight is 313 g/mol. The van der Waals surface area contributed by atoms with Crippen molar-refractivity contribution in [2.24, 2.45) is 0 Å². The predicted octanol–water partition coefficient (Wildman–Crippen LogP) is 3.00. The van der Waals surface area contributed by atoms with Gasteiger partial charge in [0.2, 0.25) is 0 Å². The lowest BCUT2D eigenvalue weighted by molar-refractivity contribution is 0.226. The van der Waals surface area contributed by atoms with Gasteiger partial charge in [0.1, 0.15) is 0 Å². The second-order valence-corrected chi connectivity index (χ2v) is 7.53. The quantitative estimate of drug-likeness (QED) is 0.851. The van der Waals surface area contributed by atoms with E-state index in [9.17, 15) is 8.42 Å². The third-order valence-electron chi connectivity index (χ3n) is 3.84. The number of hydrogen-bond donors (Lipinski definition) is 0. The van der Waals surface area contributed by atoms with Gasteiger partial charge >= 0.3 is 0 Å². The first-order valence-corrected chi connectivity index (χ1v) is 9.07. The van der Waals surface area contributed by atoms with E-state index < -0.39 is 9.84 Å². The summed E-state index contributed by atoms with van der Waals surface area (Å²) in [4.78, 5) is 2.21. The van der Waals surface area contributed by atoms with E-state index >= 15 is 0 Å². The summed E-state index contributed by atoms with van der Waals surface area (Å²) in [6, 6.07) is 20.3. The van der Waals surface area contributed by atoms with E-state index in [4.69, 9.17) is 0 Å². The molecule has 0 bridgehead atoms. The van der Waals surface area contributed by atoms with Crippen LogP contribution in [0.3, 0.4) is 0 Å². The lowest BCUT2D eigenvalue weighted by atomic mass is 10.1. The zero-order valence-electron chi connectivity index (χ0n) is 12.3. The van der Waals surface area contributed by atoms with Crippen molar-refractivity contribution in [3.05, 3.63) is 83.3 Å². The zero-order chi connectivity index (χ0) is 15.4. The molecule has 0 unspecified atom stereocenters. The fourth-order valence-electron chi connectivity index (χ4n) is 2.71. The van der Waals surface area contributed by atoms with Gasteiger partial charge in [-0.3, -0.25) is 4.90 Å². The molecule has 3 nitrogen and oxygen atoms in total. The molecule has 0 spiro atoms. The fourth-order valence-corrected chi connectivity index (χ4v) is 4.04. The summed E-state index contributed by atoms with van der Waals surface area (Å²) in [5, 5.41) is 1.35. The second kappa shape index (κ2) is 6.46. The second-order valence-electron chi connectivity index (χ2n) is 5.60. The maximum absolute atomic E-state index is 11.7. The van der Waals surface area contributed by atoms with E-state index in [1.54, 1.807) is 6.08 Å². The molecule has 1 aliphatic heterocycles. The highest BCUT2D eigenvalue weighted by molar-refractivity contribution is 7.94. The highest BCUT2D eigenvalue weighted by Crippen LogP contribution is 2.20. The van der Waals surface area contributed by atoms with Crippen molar-refractivity contribution in [2.75, 3.05) is 5.75 Å². The van der Waals surface area contributed by atoms with Crippen molar-refractivity contribution in [3.8, 4) is 0 Å². The van der Waals surface area contributed by atoms with Crippen LogP contribution in [0.25, 0.3) is 0 Å². The maximum Gasteiger partial charge on any atom is 0.173 e. The van der Waals surface area contributed by atoms with E-state index in [0.29, 0.717) is 0 Å². The molecule has 2 aromatic rings. The largest absolute Gasteiger partial charge is 0.287 e. The average Bonchev–Trinajstić information content (AvgIpc) is 2.89. The van der Waals surface area contributed by atoms with Crippen molar-refractivity contribution in [1.82, 2.24) is 4.90 Å². The van der Waals surface area contributed by atoms with Gasteiger partial charge < -0.3 is 0 Å². The number of benzene rings is 2. The molecule has 1 heterocycles. The summed E-state index contributed by atoms with van der Waals surface area (Å²) in [6.07, 6.45) is 1.81. The van der Waals surface area contributed by atoms with Crippen LogP contribution in [0.4, 0.5) is 0 Å². The Morgan fingerprint density at radius 2 is 1.36 bits per heavy atom. The van der Waals surface area contributed by atoms with E-state index in [1.165, 1.54) is 16.5 Å². The third kappa shape index (κ3) is 3.84. The Balaban J connectivity index is 1.81. The van der Waals surface area contributed by atoms with Gasteiger partial charge in [0.05, 0.1) is 5.75 Å². The summed E-state index contributed by atoms with van der Waals surface area (Å²) in [6.45, 7) is 1.47. The molecular weight excluding hydrogens is 294 g/mol. The zero-order valence-corrected chi connectivity index (χ0v) is 13.1. The van der Waals surface area contributed by atoms with Crippen LogP contribution < -0.4 is 0 Å². The Labute approximate surface area is 131 Å². The standard InChI is InChI=1S/C18H19NO2S/c20-22(21)12-11-18(15-22)19(13-16-7-3-1-4-8-16)14-17-9-5-2-6-10-17/h1-12,18H,13-15H2/t18-/m1/s1. The first kappa shape index (κ1) is 15.0. The van der Waals surface area contributed by atoms with Crippen LogP contribution in [0.2, 0.25) is 0 Å². The minimum Gasteiger partial charge on any atom is -0.287 e. The van der Waals surface area contributed by atoms with Gasteiger partial charge in [-0.15, -0.1) is 0 Å². The van der Waals surface area contributed by atoms with Crippen molar-refractivity contribution in [3.63, 3.8) is 0 Å². The molecule has 22 heavy (non-hydrogen) atoms. The van der Waals surface area contributed by atoms with Gasteiger partial charge in [-0.1, -0.05) is 66.7 Å². The van der Waals surface area contributed by atoms with Gasteiger partial charge in [-0.25, -0.2) is 8.42 Å². The number of hydrogen-bond acceptors (Lipinski definition) is 3. The normalized spacial score (nSPS) is 19.6. The van der Waals surface area contributed by atoms with Crippen LogP contribution in [0, 0.1) is 0 Å². The first-order chi connectivity index (χ1) is 10.6. The highest BCUT2D eigenvalue weighted by Gasteiger charge is 2.27. The smallest absolute Gasteiger partial charge is 0.173 e. The van der Waals surface area contributed by atoms with Crippen molar-refractivity contribution in [2.45, 2.75) is 19.1 Å². The molecule has 0 amide bonds. The number of nitrogens with zero attached hydrogens (tertiary/aromatic N) is 1. The van der Waals surface area contributed by atoms with Gasteiger partial charge in [-0.05, 0) is 11.1 Å². The molecule has 0 saturated carbocycles. The molecule has 0 aliphatic carbocycles. The van der Waals surface area contributed by atoms with Crippen LogP contribution in [0.5, 0.6) is 0 Å². The van der Waals surface area contributed by atoms with Crippen LogP contribution in [-0.2, 0) is 22.9 Å². The van der Waals surface area contributed by atoms with Crippen molar-refractivity contribution < 1.29 is 8.42 Å². The Morgan fingerprint density at radius 1 is 0.864 bits per heavy atom. The van der Waals surface area contributed by atoms with Gasteiger partial charge in [0.15, 0.2) is 9.84 Å². The Kier molecular flexibility index (Phi) is 4.41. The molecule has 3 rings (SSSR count). The van der Waals surface area contributed by atoms with Crippen molar-refractivity contribution in [1.29, 1.82) is 0 Å². The topological polar surface area (TPSA) is 37.4 Å². The molecule has 1 atom stereocenters. The minimum atomic E-state index is -3.05. The summed E-state index contributed by atoms with van der Waals surface area (Å²) in [5.74, 6) is 0.173. The van der Waals surface area contributed by atoms with Gasteiger partial charge in [-0.2, -0.15) is 0 Å². The summed E-state index contributed by atoms with van der Waals surface area (Å²) in [7, 11) is -3.05. The monoisotopic (exact) mass is 313 g/mol. The lowest BCUT2D eigenvalue weighted by Crippen LogP contribution is -2.35. The van der Waals surface area contributed by atoms with Crippen LogP contribution in [0.15, 0.2) is 72.1 Å². The first-order valence-electron chi connectivity index (χ1n) is 7.35. The molecule has 0 saturated heterocycles. The molecule has 0 N–H and O–H groups in total. The third-order valence-corrected chi connectivity index (χ3v) is 5.22. The summed E-state index contributed by atoms with van der Waals surface area (Å²) < 4.78 is 23.5. The molecule has 0 radical (unpaired) electrons. The molecule has 114 valence electrons. The molecular formula is C18H19NO2S. The SMILES string of the molecule is O=S1(=O)C=C[C@@H](N(Cc2ccccc2)Cc2ccccc2)C1. The number of sulfone groups is 1. The van der Waals surface area contributed by atoms with Crippen molar-refractivity contribution >= 4 is 9.84 Å². The van der Waals surface area contributed by atoms with E-state index in [2.05, 4.69) is 29.2 Å². The van der Waals surface area contributed by atoms with E-state index in [1.807, 2.05) is 36.4 Å². The molecule has 0 aromatic heterocycles. The van der Waals surface area contributed by atoms with Crippen LogP contribution >= 0.6 is 0 Å². The molecule has 2 aromatic carbocycles. The van der Waals surface area contributed by atoms with Gasteiger partial charge in [0, 0.05) is 24.5 Å². The molecule has 1 aliphatic rings. The highest BCUT2D eigenvalue weighted by atomic mass is 32.2. The number of rotatable bonds is 5. The maximum atomic E-state index is 11.7. The Bertz CT molecular complexity index is 698. The summed E-state index contributed by atoms with van der Waals surface area (Å²) in [5.41, 5.74) is 2.38. The Morgan fingerprint density at radius 3 is 1.77 bits per heavy atom.